The highest BCUT2D eigenvalue weighted by Gasteiger charge is 2.14. The van der Waals surface area contributed by atoms with Crippen LogP contribution < -0.4 is 4.87 Å². The molecule has 0 radical (unpaired) electrons. The molecule has 0 bridgehead atoms. The summed E-state index contributed by atoms with van der Waals surface area (Å²) in [6.07, 6.45) is -0.263. The van der Waals surface area contributed by atoms with Gasteiger partial charge in [0.1, 0.15) is 11.6 Å². The van der Waals surface area contributed by atoms with Gasteiger partial charge in [0.25, 0.3) is 0 Å². The van der Waals surface area contributed by atoms with Crippen molar-refractivity contribution in [2.75, 3.05) is 0 Å². The molecule has 19 heavy (non-hydrogen) atoms. The van der Waals surface area contributed by atoms with Gasteiger partial charge in [-0.15, -0.1) is 0 Å². The number of carboxylic acids is 1. The topological polar surface area (TPSA) is 59.3 Å². The molecular formula is C12H9F2NO3S. The minimum atomic E-state index is -1.07. The Labute approximate surface area is 110 Å². The Morgan fingerprint density at radius 1 is 1.37 bits per heavy atom. The fourth-order valence-electron chi connectivity index (χ4n) is 1.65. The van der Waals surface area contributed by atoms with E-state index in [1.165, 1.54) is 5.38 Å². The molecule has 0 amide bonds. The van der Waals surface area contributed by atoms with E-state index in [2.05, 4.69) is 0 Å². The maximum Gasteiger partial charge on any atom is 0.307 e. The van der Waals surface area contributed by atoms with Gasteiger partial charge in [0.2, 0.25) is 0 Å². The van der Waals surface area contributed by atoms with Crippen LogP contribution in [0, 0.1) is 11.6 Å². The standard InChI is InChI=1S/C12H9F2NO3S/c13-7-1-2-9(14)8(5-7)10-6-19-12(18)15(10)4-3-11(16)17/h1-2,5-6H,3-4H2,(H,16,17). The highest BCUT2D eigenvalue weighted by molar-refractivity contribution is 7.07. The summed E-state index contributed by atoms with van der Waals surface area (Å²) >= 11 is 0.817. The summed E-state index contributed by atoms with van der Waals surface area (Å²) in [5.41, 5.74) is 0.136. The number of benzene rings is 1. The van der Waals surface area contributed by atoms with Crippen LogP contribution in [0.5, 0.6) is 0 Å². The molecule has 0 atom stereocenters. The van der Waals surface area contributed by atoms with Crippen LogP contribution in [0.15, 0.2) is 28.4 Å². The van der Waals surface area contributed by atoms with Crippen molar-refractivity contribution in [2.24, 2.45) is 0 Å². The predicted molar refractivity (Wildman–Crippen MR) is 66.2 cm³/mol. The third-order valence-electron chi connectivity index (χ3n) is 2.54. The van der Waals surface area contributed by atoms with Crippen molar-refractivity contribution in [3.63, 3.8) is 0 Å². The molecule has 0 spiro atoms. The maximum absolute atomic E-state index is 13.6. The molecule has 1 aromatic heterocycles. The van der Waals surface area contributed by atoms with Crippen LogP contribution in [-0.2, 0) is 11.3 Å². The quantitative estimate of drug-likeness (QED) is 0.938. The Bertz CT molecular complexity index is 678. The van der Waals surface area contributed by atoms with E-state index >= 15 is 0 Å². The van der Waals surface area contributed by atoms with Gasteiger partial charge in [-0.25, -0.2) is 8.78 Å². The summed E-state index contributed by atoms with van der Waals surface area (Å²) in [6, 6.07) is 2.92. The van der Waals surface area contributed by atoms with Gasteiger partial charge in [0.05, 0.1) is 12.1 Å². The Morgan fingerprint density at radius 3 is 2.79 bits per heavy atom. The van der Waals surface area contributed by atoms with Crippen LogP contribution in [0.4, 0.5) is 8.78 Å². The van der Waals surface area contributed by atoms with Crippen LogP contribution in [0.3, 0.4) is 0 Å². The Balaban J connectivity index is 2.48. The minimum Gasteiger partial charge on any atom is -0.481 e. The highest BCUT2D eigenvalue weighted by atomic mass is 32.1. The van der Waals surface area contributed by atoms with Crippen molar-refractivity contribution in [2.45, 2.75) is 13.0 Å². The first kappa shape index (κ1) is 13.4. The van der Waals surface area contributed by atoms with Crippen LogP contribution in [0.25, 0.3) is 11.3 Å². The van der Waals surface area contributed by atoms with Crippen LogP contribution in [-0.4, -0.2) is 15.6 Å². The van der Waals surface area contributed by atoms with Gasteiger partial charge in [0.15, 0.2) is 0 Å². The number of aromatic nitrogens is 1. The van der Waals surface area contributed by atoms with E-state index in [1.807, 2.05) is 0 Å². The molecule has 0 aliphatic rings. The zero-order valence-electron chi connectivity index (χ0n) is 9.60. The average molecular weight is 285 g/mol. The second kappa shape index (κ2) is 5.31. The van der Waals surface area contributed by atoms with Gasteiger partial charge in [-0.2, -0.15) is 0 Å². The molecule has 0 saturated carbocycles. The molecule has 0 fully saturated rings. The fraction of sp³-hybridized carbons (Fsp3) is 0.167. The zero-order valence-corrected chi connectivity index (χ0v) is 10.4. The molecule has 1 N–H and O–H groups in total. The number of hydrogen-bond acceptors (Lipinski definition) is 3. The maximum atomic E-state index is 13.6. The third-order valence-corrected chi connectivity index (χ3v) is 3.30. The summed E-state index contributed by atoms with van der Waals surface area (Å²) in [5.74, 6) is -2.35. The number of carboxylic acid groups (broad SMARTS) is 1. The lowest BCUT2D eigenvalue weighted by Gasteiger charge is -2.07. The molecule has 0 saturated heterocycles. The number of aliphatic carboxylic acids is 1. The van der Waals surface area contributed by atoms with Gasteiger partial charge >= 0.3 is 10.8 Å². The average Bonchev–Trinajstić information content (AvgIpc) is 2.71. The van der Waals surface area contributed by atoms with Gasteiger partial charge in [-0.1, -0.05) is 11.3 Å². The summed E-state index contributed by atoms with van der Waals surface area (Å²) in [5, 5.41) is 10.0. The second-order valence-electron chi connectivity index (χ2n) is 3.81. The van der Waals surface area contributed by atoms with E-state index < -0.39 is 22.5 Å². The second-order valence-corrected chi connectivity index (χ2v) is 4.63. The van der Waals surface area contributed by atoms with Crippen molar-refractivity contribution >= 4 is 17.3 Å². The van der Waals surface area contributed by atoms with Crippen LogP contribution in [0.2, 0.25) is 0 Å². The number of halogens is 2. The van der Waals surface area contributed by atoms with E-state index in [9.17, 15) is 18.4 Å². The molecule has 7 heteroatoms. The first-order valence-corrected chi connectivity index (χ1v) is 6.22. The van der Waals surface area contributed by atoms with Crippen LogP contribution in [0.1, 0.15) is 6.42 Å². The molecule has 1 heterocycles. The lowest BCUT2D eigenvalue weighted by Crippen LogP contribution is -2.16. The summed E-state index contributed by atoms with van der Waals surface area (Å²) in [4.78, 5) is 21.7. The Hall–Kier alpha value is -2.02. The SMILES string of the molecule is O=C(O)CCn1c(-c2cc(F)ccc2F)csc1=O. The van der Waals surface area contributed by atoms with Crippen LogP contribution >= 0.6 is 11.3 Å². The minimum absolute atomic E-state index is 0.0521. The molecule has 0 unspecified atom stereocenters. The van der Waals surface area contributed by atoms with Crippen molar-refractivity contribution < 1.29 is 18.7 Å². The molecule has 100 valence electrons. The van der Waals surface area contributed by atoms with E-state index in [0.29, 0.717) is 0 Å². The van der Waals surface area contributed by atoms with E-state index in [-0.39, 0.29) is 24.2 Å². The number of nitrogens with zero attached hydrogens (tertiary/aromatic N) is 1. The number of carbonyl (C=O) groups is 1. The summed E-state index contributed by atoms with van der Waals surface area (Å²) in [6.45, 7) is -0.0804. The van der Waals surface area contributed by atoms with Gasteiger partial charge in [-0.3, -0.25) is 14.2 Å². The first-order valence-electron chi connectivity index (χ1n) is 5.34. The van der Waals surface area contributed by atoms with Crippen molar-refractivity contribution in [3.05, 3.63) is 44.9 Å². The van der Waals surface area contributed by atoms with E-state index in [4.69, 9.17) is 5.11 Å². The molecular weight excluding hydrogens is 276 g/mol. The summed E-state index contributed by atoms with van der Waals surface area (Å²) < 4.78 is 27.9. The highest BCUT2D eigenvalue weighted by Crippen LogP contribution is 2.24. The lowest BCUT2D eigenvalue weighted by atomic mass is 10.1. The first-order chi connectivity index (χ1) is 8.99. The zero-order chi connectivity index (χ0) is 14.0. The number of hydrogen-bond donors (Lipinski definition) is 1. The van der Waals surface area contributed by atoms with Gasteiger partial charge in [-0.05, 0) is 18.2 Å². The third kappa shape index (κ3) is 2.87. The van der Waals surface area contributed by atoms with Crippen molar-refractivity contribution in [3.8, 4) is 11.3 Å². The monoisotopic (exact) mass is 285 g/mol. The largest absolute Gasteiger partial charge is 0.481 e. The number of rotatable bonds is 4. The fourth-order valence-corrected chi connectivity index (χ4v) is 2.44. The normalized spacial score (nSPS) is 10.6. The summed E-state index contributed by atoms with van der Waals surface area (Å²) in [7, 11) is 0. The van der Waals surface area contributed by atoms with Crippen molar-refractivity contribution in [1.29, 1.82) is 0 Å². The lowest BCUT2D eigenvalue weighted by molar-refractivity contribution is -0.137. The van der Waals surface area contributed by atoms with E-state index in [1.54, 1.807) is 0 Å². The molecule has 4 nitrogen and oxygen atoms in total. The Morgan fingerprint density at radius 2 is 2.11 bits per heavy atom. The molecule has 0 aliphatic carbocycles. The van der Waals surface area contributed by atoms with E-state index in [0.717, 1.165) is 34.1 Å². The molecule has 2 rings (SSSR count). The molecule has 2 aromatic rings. The van der Waals surface area contributed by atoms with Crippen molar-refractivity contribution in [1.82, 2.24) is 4.57 Å². The molecule has 0 aliphatic heterocycles. The Kier molecular flexibility index (Phi) is 3.75. The number of thiazole rings is 1. The van der Waals surface area contributed by atoms with Gasteiger partial charge < -0.3 is 5.11 Å². The molecule has 1 aromatic carbocycles. The predicted octanol–water partition coefficient (Wildman–Crippen LogP) is 2.33. The van der Waals surface area contributed by atoms with Gasteiger partial charge in [0, 0.05) is 17.5 Å². The smallest absolute Gasteiger partial charge is 0.307 e.